The molecule has 3 aliphatic rings. The fraction of sp³-hybridized carbons (Fsp3) is 0.410. The highest BCUT2D eigenvalue weighted by molar-refractivity contribution is 6.23. The third-order valence-corrected chi connectivity index (χ3v) is 10.1. The average molecular weight is 788 g/mol. The number of nitrogens with zero attached hydrogens (tertiary/aromatic N) is 4. The standard InChI is InChI=1S/C39H45N7O11/c1-43(2)19-27-29(55-4)16-21(17-30(27)56-5)26-20-44(3)37(51)32-23(26)10-13-45(33(32)38(52)53)39(54)41-12-15-57-14-11-40-22-6-7-24-25(18-22)36(50)46(35(24)49)28-8-9-31(47)42-34(28)48/h6-7,16-18,20,28,33,40H,8-15,19H2,1-5H3,(H,41,54)(H,52,53)(H,42,47,48). The first kappa shape index (κ1) is 40.4. The molecule has 3 aliphatic heterocycles. The number of imide groups is 2. The fourth-order valence-corrected chi connectivity index (χ4v) is 7.48. The van der Waals surface area contributed by atoms with Crippen LogP contribution in [0.5, 0.6) is 11.5 Å². The van der Waals surface area contributed by atoms with Crippen molar-refractivity contribution in [3.63, 3.8) is 0 Å². The molecule has 18 nitrogen and oxygen atoms in total. The predicted molar refractivity (Wildman–Crippen MR) is 204 cm³/mol. The van der Waals surface area contributed by atoms with E-state index < -0.39 is 53.3 Å². The molecule has 3 aromatic rings. The molecule has 1 fully saturated rings. The van der Waals surface area contributed by atoms with Crippen molar-refractivity contribution in [3.8, 4) is 22.6 Å². The molecule has 0 spiro atoms. The van der Waals surface area contributed by atoms with E-state index in [9.17, 15) is 38.7 Å². The maximum Gasteiger partial charge on any atom is 0.331 e. The van der Waals surface area contributed by atoms with Gasteiger partial charge in [0, 0.05) is 57.1 Å². The lowest BCUT2D eigenvalue weighted by molar-refractivity contribution is -0.143. The number of pyridine rings is 1. The lowest BCUT2D eigenvalue weighted by Gasteiger charge is -2.35. The zero-order valence-electron chi connectivity index (χ0n) is 32.3. The molecule has 1 saturated heterocycles. The summed E-state index contributed by atoms with van der Waals surface area (Å²) < 4.78 is 18.4. The van der Waals surface area contributed by atoms with Gasteiger partial charge in [-0.3, -0.25) is 34.2 Å². The van der Waals surface area contributed by atoms with E-state index in [1.165, 1.54) is 23.7 Å². The molecule has 57 heavy (non-hydrogen) atoms. The number of carbonyl (C=O) groups excluding carboxylic acids is 5. The van der Waals surface area contributed by atoms with Crippen molar-refractivity contribution in [1.29, 1.82) is 0 Å². The zero-order valence-corrected chi connectivity index (χ0v) is 32.3. The van der Waals surface area contributed by atoms with Crippen LogP contribution in [0, 0.1) is 0 Å². The number of benzene rings is 2. The second-order valence-electron chi connectivity index (χ2n) is 14.1. The summed E-state index contributed by atoms with van der Waals surface area (Å²) in [4.78, 5) is 93.6. The van der Waals surface area contributed by atoms with Gasteiger partial charge in [-0.1, -0.05) is 0 Å². The van der Waals surface area contributed by atoms with E-state index >= 15 is 0 Å². The Labute approximate surface area is 327 Å². The molecule has 4 N–H and O–H groups in total. The molecule has 1 aromatic heterocycles. The van der Waals surface area contributed by atoms with Crippen molar-refractivity contribution < 1.29 is 48.1 Å². The first-order valence-corrected chi connectivity index (χ1v) is 18.3. The maximum atomic E-state index is 13.6. The van der Waals surface area contributed by atoms with E-state index in [1.807, 2.05) is 31.1 Å². The van der Waals surface area contributed by atoms with E-state index in [1.54, 1.807) is 26.5 Å². The number of carboxylic acid groups (broad SMARTS) is 1. The SMILES string of the molecule is COc1cc(-c2cn(C)c(=O)c3c2CCN(C(=O)NCCOCCNc2ccc4c(c2)C(=O)N(C2CCC(=O)NC2=O)C4=O)C3C(=O)O)cc(OC)c1CN(C)C. The van der Waals surface area contributed by atoms with Gasteiger partial charge in [0.15, 0.2) is 6.04 Å². The number of ether oxygens (including phenoxy) is 3. The Morgan fingerprint density at radius 1 is 0.930 bits per heavy atom. The van der Waals surface area contributed by atoms with Gasteiger partial charge in [-0.05, 0) is 68.4 Å². The number of amides is 6. The van der Waals surface area contributed by atoms with Crippen LogP contribution in [0.15, 0.2) is 41.3 Å². The number of piperidine rings is 1. The van der Waals surface area contributed by atoms with Crippen LogP contribution in [-0.4, -0.2) is 127 Å². The molecule has 0 aliphatic carbocycles. The van der Waals surface area contributed by atoms with Gasteiger partial charge in [0.05, 0.1) is 49.7 Å². The van der Waals surface area contributed by atoms with Crippen molar-refractivity contribution in [1.82, 2.24) is 29.9 Å². The topological polar surface area (TPSA) is 218 Å². The van der Waals surface area contributed by atoms with Crippen LogP contribution in [0.2, 0.25) is 0 Å². The molecular formula is C39H45N7O11. The fourth-order valence-electron chi connectivity index (χ4n) is 7.48. The summed E-state index contributed by atoms with van der Waals surface area (Å²) in [7, 11) is 8.49. The summed E-state index contributed by atoms with van der Waals surface area (Å²) in [6.45, 7) is 1.22. The van der Waals surface area contributed by atoms with E-state index in [0.717, 1.165) is 15.4 Å². The second-order valence-corrected chi connectivity index (χ2v) is 14.1. The number of aryl methyl sites for hydroxylation is 1. The van der Waals surface area contributed by atoms with E-state index in [4.69, 9.17) is 14.2 Å². The third kappa shape index (κ3) is 8.04. The molecule has 2 aromatic carbocycles. The highest BCUT2D eigenvalue weighted by atomic mass is 16.5. The number of rotatable bonds is 14. The largest absolute Gasteiger partial charge is 0.496 e. The minimum absolute atomic E-state index is 0.00262. The lowest BCUT2D eigenvalue weighted by atomic mass is 9.87. The van der Waals surface area contributed by atoms with Crippen LogP contribution >= 0.6 is 0 Å². The summed E-state index contributed by atoms with van der Waals surface area (Å²) in [6, 6.07) is 5.04. The van der Waals surface area contributed by atoms with Gasteiger partial charge in [0.2, 0.25) is 11.8 Å². The highest BCUT2D eigenvalue weighted by Crippen LogP contribution is 2.40. The summed E-state index contributed by atoms with van der Waals surface area (Å²) in [6.07, 6.45) is 1.97. The van der Waals surface area contributed by atoms with Gasteiger partial charge in [-0.15, -0.1) is 0 Å². The Morgan fingerprint density at radius 2 is 1.61 bits per heavy atom. The average Bonchev–Trinajstić information content (AvgIpc) is 3.42. The van der Waals surface area contributed by atoms with Crippen LogP contribution in [-0.2, 0) is 39.1 Å². The molecule has 18 heteroatoms. The monoisotopic (exact) mass is 787 g/mol. The van der Waals surface area contributed by atoms with Gasteiger partial charge >= 0.3 is 12.0 Å². The van der Waals surface area contributed by atoms with Gasteiger partial charge < -0.3 is 44.3 Å². The molecule has 6 amide bonds. The molecule has 2 unspecified atom stereocenters. The normalized spacial score (nSPS) is 17.6. The number of hydrogen-bond donors (Lipinski definition) is 4. The summed E-state index contributed by atoms with van der Waals surface area (Å²) in [5, 5.41) is 18.4. The highest BCUT2D eigenvalue weighted by Gasteiger charge is 2.45. The number of methoxy groups -OCH3 is 2. The zero-order chi connectivity index (χ0) is 41.1. The van der Waals surface area contributed by atoms with Crippen molar-refractivity contribution >= 4 is 41.3 Å². The van der Waals surface area contributed by atoms with Crippen LogP contribution < -0.4 is 31.0 Å². The van der Waals surface area contributed by atoms with E-state index in [2.05, 4.69) is 16.0 Å². The molecule has 4 heterocycles. The Balaban J connectivity index is 1.05. The number of carboxylic acids is 1. The molecule has 2 atom stereocenters. The summed E-state index contributed by atoms with van der Waals surface area (Å²) >= 11 is 0. The van der Waals surface area contributed by atoms with Crippen LogP contribution in [0.3, 0.4) is 0 Å². The lowest BCUT2D eigenvalue weighted by Crippen LogP contribution is -2.54. The Kier molecular flexibility index (Phi) is 11.9. The predicted octanol–water partition coefficient (Wildman–Crippen LogP) is 1.35. The van der Waals surface area contributed by atoms with E-state index in [0.29, 0.717) is 47.0 Å². The summed E-state index contributed by atoms with van der Waals surface area (Å²) in [5.74, 6) is -2.55. The van der Waals surface area contributed by atoms with Gasteiger partial charge in [-0.25, -0.2) is 9.59 Å². The molecule has 6 rings (SSSR count). The quantitative estimate of drug-likeness (QED) is 0.134. The number of nitrogens with one attached hydrogen (secondary N) is 3. The number of aliphatic carboxylic acids is 1. The summed E-state index contributed by atoms with van der Waals surface area (Å²) in [5.41, 5.74) is 2.98. The molecule has 0 radical (unpaired) electrons. The van der Waals surface area contributed by atoms with Gasteiger partial charge in [-0.2, -0.15) is 0 Å². The van der Waals surface area contributed by atoms with Crippen LogP contribution in [0.4, 0.5) is 10.5 Å². The number of hydrogen-bond acceptors (Lipinski definition) is 12. The number of urea groups is 1. The number of fused-ring (bicyclic) bond motifs is 2. The minimum atomic E-state index is -1.54. The van der Waals surface area contributed by atoms with Gasteiger partial charge in [0.1, 0.15) is 17.5 Å². The van der Waals surface area contributed by atoms with Crippen molar-refractivity contribution in [2.45, 2.75) is 37.9 Å². The van der Waals surface area contributed by atoms with Crippen molar-refractivity contribution in [2.24, 2.45) is 7.05 Å². The Hall–Kier alpha value is -6.27. The smallest absolute Gasteiger partial charge is 0.331 e. The van der Waals surface area contributed by atoms with Crippen molar-refractivity contribution in [2.75, 3.05) is 66.5 Å². The van der Waals surface area contributed by atoms with Crippen molar-refractivity contribution in [3.05, 3.63) is 74.7 Å². The number of aromatic nitrogens is 1. The van der Waals surface area contributed by atoms with E-state index in [-0.39, 0.29) is 62.3 Å². The van der Waals surface area contributed by atoms with Crippen LogP contribution in [0.1, 0.15) is 56.3 Å². The molecule has 0 bridgehead atoms. The number of carbonyl (C=O) groups is 6. The third-order valence-electron chi connectivity index (χ3n) is 10.1. The molecule has 0 saturated carbocycles. The minimum Gasteiger partial charge on any atom is -0.496 e. The Morgan fingerprint density at radius 3 is 2.26 bits per heavy atom. The Bertz CT molecular complexity index is 2180. The maximum absolute atomic E-state index is 13.6. The first-order chi connectivity index (χ1) is 27.2. The van der Waals surface area contributed by atoms with Crippen LogP contribution in [0.25, 0.3) is 11.1 Å². The molecule has 302 valence electrons. The number of anilines is 1. The second kappa shape index (κ2) is 16.8. The van der Waals surface area contributed by atoms with Gasteiger partial charge in [0.25, 0.3) is 17.4 Å². The first-order valence-electron chi connectivity index (χ1n) is 18.3. The molecular weight excluding hydrogens is 742 g/mol.